The fraction of sp³-hybridized carbons (Fsp3) is 0.600. The smallest absolute Gasteiger partial charge is 0.124 e. The van der Waals surface area contributed by atoms with Gasteiger partial charge in [-0.3, -0.25) is 0 Å². The molecule has 1 rings (SSSR count). The molecule has 0 aliphatic carbocycles. The minimum absolute atomic E-state index is 0.161. The quantitative estimate of drug-likeness (QED) is 0.767. The third-order valence-corrected chi connectivity index (χ3v) is 3.30. The van der Waals surface area contributed by atoms with Gasteiger partial charge in [0.15, 0.2) is 0 Å². The van der Waals surface area contributed by atoms with Crippen molar-refractivity contribution in [1.82, 2.24) is 5.32 Å². The normalized spacial score (nSPS) is 14.2. The number of benzene rings is 1. The van der Waals surface area contributed by atoms with Crippen LogP contribution in [0.3, 0.4) is 0 Å². The number of halogens is 1. The Morgan fingerprint density at radius 3 is 2.74 bits per heavy atom. The SMILES string of the molecule is CCOc1ccc(Cl)cc1C(C)NC(C)CCCO. The molecule has 0 radical (unpaired) electrons. The lowest BCUT2D eigenvalue weighted by atomic mass is 10.1. The molecule has 0 spiro atoms. The summed E-state index contributed by atoms with van der Waals surface area (Å²) in [5.41, 5.74) is 1.07. The molecule has 0 aromatic heterocycles. The molecule has 1 aromatic rings. The van der Waals surface area contributed by atoms with Gasteiger partial charge in [-0.15, -0.1) is 0 Å². The summed E-state index contributed by atoms with van der Waals surface area (Å²) in [6.07, 6.45) is 1.76. The Hall–Kier alpha value is -0.770. The zero-order valence-electron chi connectivity index (χ0n) is 11.9. The second-order valence-corrected chi connectivity index (χ2v) is 5.21. The Balaban J connectivity index is 2.73. The van der Waals surface area contributed by atoms with E-state index in [9.17, 15) is 0 Å². The van der Waals surface area contributed by atoms with E-state index in [-0.39, 0.29) is 12.6 Å². The molecule has 0 saturated heterocycles. The molecule has 19 heavy (non-hydrogen) atoms. The molecule has 2 atom stereocenters. The molecule has 0 aliphatic heterocycles. The van der Waals surface area contributed by atoms with Crippen molar-refractivity contribution in [2.24, 2.45) is 0 Å². The van der Waals surface area contributed by atoms with Crippen molar-refractivity contribution in [2.75, 3.05) is 13.2 Å². The molecular weight excluding hydrogens is 262 g/mol. The zero-order chi connectivity index (χ0) is 14.3. The average molecular weight is 286 g/mol. The van der Waals surface area contributed by atoms with Crippen LogP contribution in [0.5, 0.6) is 5.75 Å². The van der Waals surface area contributed by atoms with Crippen molar-refractivity contribution < 1.29 is 9.84 Å². The number of nitrogens with one attached hydrogen (secondary N) is 1. The Morgan fingerprint density at radius 1 is 1.37 bits per heavy atom. The first-order valence-corrected chi connectivity index (χ1v) is 7.25. The van der Waals surface area contributed by atoms with Crippen LogP contribution in [-0.2, 0) is 0 Å². The average Bonchev–Trinajstić information content (AvgIpc) is 2.38. The molecule has 108 valence electrons. The molecule has 0 amide bonds. The van der Waals surface area contributed by atoms with Crippen molar-refractivity contribution >= 4 is 11.6 Å². The van der Waals surface area contributed by atoms with E-state index in [2.05, 4.69) is 19.2 Å². The maximum atomic E-state index is 8.85. The maximum absolute atomic E-state index is 8.85. The monoisotopic (exact) mass is 285 g/mol. The standard InChI is InChI=1S/C15H24ClNO2/c1-4-19-15-8-7-13(16)10-14(15)12(3)17-11(2)6-5-9-18/h7-8,10-12,17-18H,4-6,9H2,1-3H3. The van der Waals surface area contributed by atoms with Crippen LogP contribution in [0.1, 0.15) is 45.2 Å². The van der Waals surface area contributed by atoms with Crippen LogP contribution in [0.4, 0.5) is 0 Å². The van der Waals surface area contributed by atoms with Gasteiger partial charge in [0.05, 0.1) is 6.61 Å². The lowest BCUT2D eigenvalue weighted by Crippen LogP contribution is -2.29. The molecule has 0 heterocycles. The summed E-state index contributed by atoms with van der Waals surface area (Å²) >= 11 is 6.06. The van der Waals surface area contributed by atoms with Gasteiger partial charge in [0.1, 0.15) is 5.75 Å². The molecule has 0 saturated carbocycles. The van der Waals surface area contributed by atoms with E-state index < -0.39 is 0 Å². The van der Waals surface area contributed by atoms with E-state index >= 15 is 0 Å². The second kappa shape index (κ2) is 8.41. The largest absolute Gasteiger partial charge is 0.494 e. The van der Waals surface area contributed by atoms with Crippen LogP contribution in [0.25, 0.3) is 0 Å². The maximum Gasteiger partial charge on any atom is 0.124 e. The third-order valence-electron chi connectivity index (χ3n) is 3.07. The number of hydrogen-bond donors (Lipinski definition) is 2. The number of aliphatic hydroxyl groups is 1. The van der Waals surface area contributed by atoms with Crippen molar-refractivity contribution in [1.29, 1.82) is 0 Å². The molecule has 2 N–H and O–H groups in total. The van der Waals surface area contributed by atoms with Crippen LogP contribution >= 0.6 is 11.6 Å². The highest BCUT2D eigenvalue weighted by atomic mass is 35.5. The summed E-state index contributed by atoms with van der Waals surface area (Å²) in [7, 11) is 0. The van der Waals surface area contributed by atoms with Gasteiger partial charge < -0.3 is 15.2 Å². The Kier molecular flexibility index (Phi) is 7.21. The molecular formula is C15H24ClNO2. The Bertz CT molecular complexity index is 384. The molecule has 2 unspecified atom stereocenters. The Labute approximate surface area is 120 Å². The van der Waals surface area contributed by atoms with Crippen LogP contribution < -0.4 is 10.1 Å². The predicted octanol–water partition coefficient (Wildman–Crippen LogP) is 3.55. The molecule has 1 aromatic carbocycles. The summed E-state index contributed by atoms with van der Waals surface area (Å²) in [4.78, 5) is 0. The zero-order valence-corrected chi connectivity index (χ0v) is 12.7. The third kappa shape index (κ3) is 5.39. The van der Waals surface area contributed by atoms with Crippen molar-refractivity contribution in [3.8, 4) is 5.75 Å². The van der Waals surface area contributed by atoms with E-state index in [0.29, 0.717) is 12.6 Å². The number of aliphatic hydroxyl groups excluding tert-OH is 1. The lowest BCUT2D eigenvalue weighted by Gasteiger charge is -2.22. The summed E-state index contributed by atoms with van der Waals surface area (Å²) in [5, 5.41) is 13.1. The predicted molar refractivity (Wildman–Crippen MR) is 80.0 cm³/mol. The van der Waals surface area contributed by atoms with Crippen LogP contribution in [0, 0.1) is 0 Å². The van der Waals surface area contributed by atoms with Crippen LogP contribution in [0.15, 0.2) is 18.2 Å². The minimum atomic E-state index is 0.161. The fourth-order valence-corrected chi connectivity index (χ4v) is 2.32. The van der Waals surface area contributed by atoms with Crippen molar-refractivity contribution in [3.05, 3.63) is 28.8 Å². The summed E-state index contributed by atoms with van der Waals surface area (Å²) in [6, 6.07) is 6.21. The van der Waals surface area contributed by atoms with E-state index in [0.717, 1.165) is 29.2 Å². The highest BCUT2D eigenvalue weighted by Crippen LogP contribution is 2.28. The molecule has 3 nitrogen and oxygen atoms in total. The fourth-order valence-electron chi connectivity index (χ4n) is 2.14. The van der Waals surface area contributed by atoms with Crippen LogP contribution in [0.2, 0.25) is 5.02 Å². The second-order valence-electron chi connectivity index (χ2n) is 4.77. The highest BCUT2D eigenvalue weighted by Gasteiger charge is 2.14. The van der Waals surface area contributed by atoms with E-state index in [1.54, 1.807) is 0 Å². The van der Waals surface area contributed by atoms with Crippen LogP contribution in [-0.4, -0.2) is 24.4 Å². The van der Waals surface area contributed by atoms with Gasteiger partial charge in [-0.1, -0.05) is 11.6 Å². The molecule has 4 heteroatoms. The lowest BCUT2D eigenvalue weighted by molar-refractivity contribution is 0.273. The van der Waals surface area contributed by atoms with E-state index in [1.165, 1.54) is 0 Å². The van der Waals surface area contributed by atoms with Gasteiger partial charge in [0, 0.05) is 29.3 Å². The van der Waals surface area contributed by atoms with E-state index in [4.69, 9.17) is 21.4 Å². The van der Waals surface area contributed by atoms with Gasteiger partial charge in [0.2, 0.25) is 0 Å². The number of hydrogen-bond acceptors (Lipinski definition) is 3. The van der Waals surface area contributed by atoms with Crippen molar-refractivity contribution in [2.45, 2.75) is 45.7 Å². The first-order valence-electron chi connectivity index (χ1n) is 6.87. The van der Waals surface area contributed by atoms with Gasteiger partial charge in [-0.05, 0) is 51.8 Å². The summed E-state index contributed by atoms with van der Waals surface area (Å²) in [6.45, 7) is 7.07. The van der Waals surface area contributed by atoms with Gasteiger partial charge in [-0.25, -0.2) is 0 Å². The molecule has 0 fully saturated rings. The first-order chi connectivity index (χ1) is 9.08. The number of ether oxygens (including phenoxy) is 1. The van der Waals surface area contributed by atoms with E-state index in [1.807, 2.05) is 25.1 Å². The highest BCUT2D eigenvalue weighted by molar-refractivity contribution is 6.30. The Morgan fingerprint density at radius 2 is 2.11 bits per heavy atom. The van der Waals surface area contributed by atoms with Gasteiger partial charge in [0.25, 0.3) is 0 Å². The van der Waals surface area contributed by atoms with Crippen molar-refractivity contribution in [3.63, 3.8) is 0 Å². The first kappa shape index (κ1) is 16.3. The number of rotatable bonds is 8. The topological polar surface area (TPSA) is 41.5 Å². The summed E-state index contributed by atoms with van der Waals surface area (Å²) < 4.78 is 5.64. The molecule has 0 aliphatic rings. The minimum Gasteiger partial charge on any atom is -0.494 e. The van der Waals surface area contributed by atoms with Gasteiger partial charge in [-0.2, -0.15) is 0 Å². The molecule has 0 bridgehead atoms. The van der Waals surface area contributed by atoms with Gasteiger partial charge >= 0.3 is 0 Å². The summed E-state index contributed by atoms with van der Waals surface area (Å²) in [5.74, 6) is 0.876.